The van der Waals surface area contributed by atoms with Crippen LogP contribution in [0.15, 0.2) is 437 Å². The van der Waals surface area contributed by atoms with Crippen LogP contribution in [-0.4, -0.2) is 94.0 Å². The highest BCUT2D eigenvalue weighted by atomic mass is 16.7. The molecule has 13 heteroatoms. The molecule has 2 aliphatic rings. The highest BCUT2D eigenvalue weighted by Gasteiger charge is 2.58. The topological polar surface area (TPSA) is 142 Å². The third kappa shape index (κ3) is 18.1. The number of aliphatic hydroxyl groups is 1. The van der Waals surface area contributed by atoms with Crippen LogP contribution in [0.3, 0.4) is 0 Å². The first-order valence-electron chi connectivity index (χ1n) is 43.2. The van der Waals surface area contributed by atoms with Crippen molar-refractivity contribution >= 4 is 0 Å². The van der Waals surface area contributed by atoms with Crippen LogP contribution in [0.5, 0.6) is 17.2 Å². The average molecular weight is 1650 g/mol. The fraction of sp³-hybridized carbons (Fsp3) is 0.196. The summed E-state index contributed by atoms with van der Waals surface area (Å²) in [5.74, 6) is 2.12. The van der Waals surface area contributed by atoms with Gasteiger partial charge in [-0.2, -0.15) is 0 Å². The van der Waals surface area contributed by atoms with E-state index in [1.807, 2.05) is 72.8 Å². The van der Waals surface area contributed by atoms with Gasteiger partial charge in [0.2, 0.25) is 0 Å². The Morgan fingerprint density at radius 1 is 0.272 bits per heavy atom. The second-order valence-electron chi connectivity index (χ2n) is 32.2. The molecule has 1 aliphatic carbocycles. The van der Waals surface area contributed by atoms with Crippen LogP contribution >= 0.6 is 0 Å². The largest absolute Gasteiger partial charge is 0.497 e. The van der Waals surface area contributed by atoms with Crippen molar-refractivity contribution in [2.75, 3.05) is 27.9 Å². The van der Waals surface area contributed by atoms with Crippen LogP contribution in [-0.2, 0) is 65.7 Å². The molecule has 1 heterocycles. The summed E-state index contributed by atoms with van der Waals surface area (Å²) < 4.78 is 58.1. The Labute approximate surface area is 734 Å². The van der Waals surface area contributed by atoms with Gasteiger partial charge in [0.25, 0.3) is 0 Å². The standard InChI is InChI=1S/C112H106N4O9/c1-118-96-70-64-81(65-71-96)78-121-104-99(114-110(87-46-22-7-23-47-87,88-48-24-8-25-49-88)89-50-26-9-27-51-89)76-100(115-111(90-52-28-10-29-53-90,91-54-30-11-31-55-91)92-56-32-12-33-57-92)105(103(104)117)125-108-102(116-112(93-58-34-13-35-59-93,94-60-36-14-37-61-94)95-62-38-15-39-63-95)107(123-80-83-68-74-98(120-3)75-69-83)106(122-79-82-66-72-97(119-2)73-67-82)101(124-108)77-113-109(84-40-16-4-17-41-84,85-42-18-5-19-43-85)86-44-20-6-21-45-86/h4-75,99-108,113-117H,76-80H2,1-3H3/t99-,100+,101-,102-,103-,104+,105-,106-,107-,108-/m1/s1. The van der Waals surface area contributed by atoms with Crippen molar-refractivity contribution in [2.24, 2.45) is 0 Å². The highest BCUT2D eigenvalue weighted by Crippen LogP contribution is 2.47. The molecule has 125 heavy (non-hydrogen) atoms. The maximum atomic E-state index is 15.3. The lowest BCUT2D eigenvalue weighted by Crippen LogP contribution is -2.73. The number of aliphatic hydroxyl groups excluding tert-OH is 1. The van der Waals surface area contributed by atoms with Gasteiger partial charge in [-0.15, -0.1) is 0 Å². The van der Waals surface area contributed by atoms with Gasteiger partial charge in [-0.1, -0.05) is 400 Å². The van der Waals surface area contributed by atoms with Crippen LogP contribution in [0.1, 0.15) is 89.9 Å². The first-order valence-corrected chi connectivity index (χ1v) is 43.2. The summed E-state index contributed by atoms with van der Waals surface area (Å²) in [6, 6.07) is 149. The lowest BCUT2D eigenvalue weighted by Gasteiger charge is -2.54. The molecule has 1 aliphatic heterocycles. The first kappa shape index (κ1) is 84.5. The van der Waals surface area contributed by atoms with E-state index in [2.05, 4.69) is 385 Å². The molecular formula is C112H106N4O9. The van der Waals surface area contributed by atoms with Crippen LogP contribution in [0.2, 0.25) is 0 Å². The van der Waals surface area contributed by atoms with Gasteiger partial charge in [-0.05, 0) is 126 Å². The molecule has 1 saturated carbocycles. The molecule has 15 aromatic carbocycles. The number of benzene rings is 15. The summed E-state index contributed by atoms with van der Waals surface area (Å²) >= 11 is 0. The second-order valence-corrected chi connectivity index (χ2v) is 32.2. The zero-order valence-electron chi connectivity index (χ0n) is 70.6. The summed E-state index contributed by atoms with van der Waals surface area (Å²) in [5.41, 5.74) is 9.78. The summed E-state index contributed by atoms with van der Waals surface area (Å²) in [7, 11) is 5.02. The fourth-order valence-electron chi connectivity index (χ4n) is 18.9. The smallest absolute Gasteiger partial charge is 0.176 e. The van der Waals surface area contributed by atoms with Gasteiger partial charge in [-0.25, -0.2) is 0 Å². The van der Waals surface area contributed by atoms with Crippen LogP contribution in [0.25, 0.3) is 0 Å². The maximum Gasteiger partial charge on any atom is 0.176 e. The summed E-state index contributed by atoms with van der Waals surface area (Å²) in [6.07, 6.45) is -7.77. The SMILES string of the molecule is COc1ccc(CO[C@@H]2[C@@H](NC(c3ccccc3)(c3ccccc3)c3ccccc3)[C@@H](O[C@H]3[C@H](O)[C@@H](OCc4ccc(OC)cc4)[C@H](NC(c4ccccc4)(c4ccccc4)c4ccccc4)C[C@@H]3NC(c3ccccc3)(c3ccccc3)c3ccccc3)O[C@H](CNC(c3ccccc3)(c3ccccc3)c3ccccc3)[C@H]2OCc2ccc(OC)cc2)cc1. The molecule has 0 spiro atoms. The molecule has 0 bridgehead atoms. The third-order valence-corrected chi connectivity index (χ3v) is 25.0. The number of nitrogens with one attached hydrogen (secondary N) is 4. The van der Waals surface area contributed by atoms with Crippen molar-refractivity contribution in [2.45, 2.75) is 109 Å². The van der Waals surface area contributed by atoms with Gasteiger partial charge >= 0.3 is 0 Å². The van der Waals surface area contributed by atoms with Crippen molar-refractivity contribution in [3.05, 3.63) is 520 Å². The summed E-state index contributed by atoms with van der Waals surface area (Å²) in [4.78, 5) is 0. The van der Waals surface area contributed by atoms with Gasteiger partial charge in [0.1, 0.15) is 53.9 Å². The molecule has 0 amide bonds. The highest BCUT2D eigenvalue weighted by molar-refractivity contribution is 5.55. The molecule has 2 fully saturated rings. The quantitative estimate of drug-likeness (QED) is 0.0241. The molecule has 17 rings (SSSR count). The molecule has 628 valence electrons. The van der Waals surface area contributed by atoms with Crippen molar-refractivity contribution in [1.82, 2.24) is 21.3 Å². The lowest BCUT2D eigenvalue weighted by molar-refractivity contribution is -0.310. The zero-order chi connectivity index (χ0) is 85.1. The molecule has 10 atom stereocenters. The second kappa shape index (κ2) is 39.9. The van der Waals surface area contributed by atoms with Crippen molar-refractivity contribution < 1.29 is 43.0 Å². The van der Waals surface area contributed by atoms with Crippen molar-refractivity contribution in [1.29, 1.82) is 0 Å². The number of hydrogen-bond acceptors (Lipinski definition) is 13. The van der Waals surface area contributed by atoms with Gasteiger partial charge < -0.3 is 43.0 Å². The van der Waals surface area contributed by atoms with E-state index >= 15 is 5.11 Å². The zero-order valence-corrected chi connectivity index (χ0v) is 70.6. The van der Waals surface area contributed by atoms with Crippen LogP contribution < -0.4 is 35.5 Å². The molecule has 0 radical (unpaired) electrons. The Morgan fingerprint density at radius 2 is 0.504 bits per heavy atom. The first-order chi connectivity index (χ1) is 61.7. The van der Waals surface area contributed by atoms with Gasteiger partial charge in [0.15, 0.2) is 6.29 Å². The molecule has 13 nitrogen and oxygen atoms in total. The molecule has 15 aromatic rings. The Balaban J connectivity index is 0.930. The van der Waals surface area contributed by atoms with Crippen LogP contribution in [0.4, 0.5) is 0 Å². The Hall–Kier alpha value is -12.7. The molecule has 1 saturated heterocycles. The van der Waals surface area contributed by atoms with Gasteiger partial charge in [-0.3, -0.25) is 21.3 Å². The molecule has 5 N–H and O–H groups in total. The Morgan fingerprint density at radius 3 is 0.768 bits per heavy atom. The number of rotatable bonds is 35. The lowest BCUT2D eigenvalue weighted by atomic mass is 9.72. The summed E-state index contributed by atoms with van der Waals surface area (Å²) in [6.45, 7) is 0.460. The van der Waals surface area contributed by atoms with E-state index in [1.165, 1.54) is 0 Å². The normalized spacial score (nSPS) is 19.2. The summed E-state index contributed by atoms with van der Waals surface area (Å²) in [5, 5.41) is 33.2. The van der Waals surface area contributed by atoms with Gasteiger partial charge in [0.05, 0.1) is 69.3 Å². The molecular weight excluding hydrogens is 1550 g/mol. The minimum atomic E-state index is -1.50. The van der Waals surface area contributed by atoms with E-state index < -0.39 is 83.2 Å². The van der Waals surface area contributed by atoms with Gasteiger partial charge in [0, 0.05) is 18.6 Å². The van der Waals surface area contributed by atoms with E-state index in [0.29, 0.717) is 17.2 Å². The van der Waals surface area contributed by atoms with E-state index in [-0.39, 0.29) is 32.8 Å². The predicted octanol–water partition coefficient (Wildman–Crippen LogP) is 20.1. The predicted molar refractivity (Wildman–Crippen MR) is 494 cm³/mol. The average Bonchev–Trinajstić information content (AvgIpc) is 0.735. The van der Waals surface area contributed by atoms with Crippen molar-refractivity contribution in [3.63, 3.8) is 0 Å². The molecule has 0 aromatic heterocycles. The Bertz CT molecular complexity index is 5370. The van der Waals surface area contributed by atoms with E-state index in [4.69, 9.17) is 37.9 Å². The van der Waals surface area contributed by atoms with Crippen LogP contribution in [0, 0.1) is 0 Å². The van der Waals surface area contributed by atoms with E-state index in [1.54, 1.807) is 21.3 Å². The number of ether oxygens (including phenoxy) is 8. The Kier molecular flexibility index (Phi) is 27.0. The molecule has 0 unspecified atom stereocenters. The minimum Gasteiger partial charge on any atom is -0.497 e. The van der Waals surface area contributed by atoms with E-state index in [0.717, 1.165) is 83.5 Å². The minimum absolute atomic E-state index is 0.0950. The number of hydrogen-bond donors (Lipinski definition) is 5. The number of methoxy groups -OCH3 is 3. The maximum absolute atomic E-state index is 15.3. The third-order valence-electron chi connectivity index (χ3n) is 25.0. The fourth-order valence-corrected chi connectivity index (χ4v) is 18.9. The van der Waals surface area contributed by atoms with Crippen molar-refractivity contribution in [3.8, 4) is 17.2 Å². The monoisotopic (exact) mass is 1650 g/mol. The van der Waals surface area contributed by atoms with E-state index in [9.17, 15) is 0 Å².